The highest BCUT2D eigenvalue weighted by atomic mass is 31.1. The molecule has 0 N–H and O–H groups in total. The van der Waals surface area contributed by atoms with Crippen LogP contribution in [-0.2, 0) is 9.98 Å². The van der Waals surface area contributed by atoms with E-state index in [-0.39, 0.29) is 22.1 Å². The zero-order valence-corrected chi connectivity index (χ0v) is 27.0. The highest BCUT2D eigenvalue weighted by Crippen LogP contribution is 2.35. The van der Waals surface area contributed by atoms with Gasteiger partial charge in [0.2, 0.25) is 5.30 Å². The number of rotatable bonds is 10. The number of hydrogen-bond donors (Lipinski definition) is 0. The van der Waals surface area contributed by atoms with Gasteiger partial charge in [-0.3, -0.25) is 4.79 Å². The van der Waals surface area contributed by atoms with Gasteiger partial charge in [-0.2, -0.15) is 0 Å². The van der Waals surface area contributed by atoms with E-state index in [1.54, 1.807) is 42.5 Å². The highest BCUT2D eigenvalue weighted by Gasteiger charge is 2.39. The molecule has 0 radical (unpaired) electrons. The number of carbonyl (C=O) groups is 2. The van der Waals surface area contributed by atoms with Crippen LogP contribution in [0.3, 0.4) is 0 Å². The van der Waals surface area contributed by atoms with Crippen LogP contribution in [0.15, 0.2) is 121 Å². The molecule has 0 saturated heterocycles. The van der Waals surface area contributed by atoms with Gasteiger partial charge in [0.15, 0.2) is 5.78 Å². The molecular formula is C39H36O5P+. The number of benzene rings is 5. The third-order valence-corrected chi connectivity index (χ3v) is 9.02. The summed E-state index contributed by atoms with van der Waals surface area (Å²) in [6.07, 6.45) is -0.968. The molecule has 0 bridgehead atoms. The fourth-order valence-electron chi connectivity index (χ4n) is 5.24. The molecule has 5 nitrogen and oxygen atoms in total. The molecule has 0 amide bonds. The third-order valence-electron chi connectivity index (χ3n) is 7.60. The lowest BCUT2D eigenvalue weighted by Gasteiger charge is -2.23. The lowest BCUT2D eigenvalue weighted by atomic mass is 9.84. The fourth-order valence-corrected chi connectivity index (χ4v) is 6.63. The molecule has 0 aliphatic carbocycles. The average Bonchev–Trinajstić information content (AvgIpc) is 3.04. The third kappa shape index (κ3) is 7.11. The minimum absolute atomic E-state index is 0.0992. The van der Waals surface area contributed by atoms with Crippen LogP contribution < -0.4 is 14.8 Å². The lowest BCUT2D eigenvalue weighted by Crippen LogP contribution is -2.21. The molecule has 5 aromatic carbocycles. The summed E-state index contributed by atoms with van der Waals surface area (Å²) in [6.45, 7) is 10.1. The first-order chi connectivity index (χ1) is 21.5. The second-order valence-corrected chi connectivity index (χ2v) is 13.4. The van der Waals surface area contributed by atoms with Crippen LogP contribution in [-0.4, -0.2) is 11.3 Å². The van der Waals surface area contributed by atoms with Crippen LogP contribution in [0.2, 0.25) is 0 Å². The van der Waals surface area contributed by atoms with Crippen molar-refractivity contribution in [3.05, 3.63) is 160 Å². The van der Waals surface area contributed by atoms with Crippen molar-refractivity contribution in [2.45, 2.75) is 46.3 Å². The number of carbonyl (C=O) groups excluding carboxylic acids is 2. The summed E-state index contributed by atoms with van der Waals surface area (Å²) >= 11 is 0. The molecular weight excluding hydrogens is 579 g/mol. The Labute approximate surface area is 265 Å². The standard InChI is InChI=1S/C39H36O5P/c1-26-24-28(39(3,4)5)25-27(2)35(26)37(41)45(42)34-23-15-14-22-33(34)36(40)31-20-12-13-21-32(31)38(43-29-16-8-6-9-17-29)44-30-18-10-7-11-19-30/h6-25,38H,1-5H3/q+1. The quantitative estimate of drug-likeness (QED) is 0.0890. The Hall–Kier alpha value is -4.86. The van der Waals surface area contributed by atoms with Crippen LogP contribution in [0.5, 0.6) is 11.5 Å². The molecule has 0 saturated carbocycles. The molecule has 0 heterocycles. The minimum atomic E-state index is -2.60. The maximum Gasteiger partial charge on any atom is 0.459 e. The Balaban J connectivity index is 1.53. The molecule has 6 heteroatoms. The van der Waals surface area contributed by atoms with E-state index < -0.39 is 19.6 Å². The number of aryl methyl sites for hydroxylation is 2. The zero-order valence-electron chi connectivity index (χ0n) is 26.1. The first-order valence-corrected chi connectivity index (χ1v) is 16.1. The maximum atomic E-state index is 14.3. The summed E-state index contributed by atoms with van der Waals surface area (Å²) in [5.41, 5.74) is 3.47. The van der Waals surface area contributed by atoms with Crippen molar-refractivity contribution in [1.29, 1.82) is 0 Å². The fraction of sp³-hybridized carbons (Fsp3) is 0.179. The van der Waals surface area contributed by atoms with Gasteiger partial charge in [0.25, 0.3) is 6.29 Å². The Morgan fingerprint density at radius 2 is 1.11 bits per heavy atom. The highest BCUT2D eigenvalue weighted by molar-refractivity contribution is 7.71. The molecule has 1 atom stereocenters. The van der Waals surface area contributed by atoms with Crippen molar-refractivity contribution < 1.29 is 23.6 Å². The van der Waals surface area contributed by atoms with E-state index in [1.807, 2.05) is 92.7 Å². The van der Waals surface area contributed by atoms with Gasteiger partial charge >= 0.3 is 13.3 Å². The zero-order chi connectivity index (χ0) is 32.1. The van der Waals surface area contributed by atoms with E-state index in [0.717, 1.165) is 16.7 Å². The molecule has 0 spiro atoms. The van der Waals surface area contributed by atoms with Crippen molar-refractivity contribution in [2.24, 2.45) is 0 Å². The van der Waals surface area contributed by atoms with Gasteiger partial charge in [-0.05, 0) is 72.4 Å². The molecule has 5 aromatic rings. The maximum absolute atomic E-state index is 14.3. The van der Waals surface area contributed by atoms with E-state index in [4.69, 9.17) is 9.47 Å². The van der Waals surface area contributed by atoms with Gasteiger partial charge in [0.1, 0.15) is 11.5 Å². The number of hydrogen-bond acceptors (Lipinski definition) is 5. The summed E-state index contributed by atoms with van der Waals surface area (Å²) in [5, 5.41) is 0.195. The van der Waals surface area contributed by atoms with Crippen LogP contribution in [0.1, 0.15) is 75.6 Å². The SMILES string of the molecule is Cc1cc(C(C)(C)C)cc(C)c1C(=O)[P+](=O)c1ccccc1C(=O)c1ccccc1C(Oc1ccccc1)Oc1ccccc1. The Morgan fingerprint density at radius 1 is 0.644 bits per heavy atom. The van der Waals surface area contributed by atoms with E-state index in [0.29, 0.717) is 28.2 Å². The summed E-state index contributed by atoms with van der Waals surface area (Å²) in [5.74, 6) is 0.753. The second-order valence-electron chi connectivity index (χ2n) is 12.0. The van der Waals surface area contributed by atoms with Gasteiger partial charge in [0.05, 0.1) is 11.1 Å². The van der Waals surface area contributed by atoms with Gasteiger partial charge in [-0.25, -0.2) is 4.79 Å². The largest absolute Gasteiger partial charge is 0.459 e. The first kappa shape index (κ1) is 31.6. The van der Waals surface area contributed by atoms with E-state index in [2.05, 4.69) is 20.8 Å². The first-order valence-electron chi connectivity index (χ1n) is 14.8. The Bertz CT molecular complexity index is 1790. The van der Waals surface area contributed by atoms with E-state index in [9.17, 15) is 14.2 Å². The monoisotopic (exact) mass is 615 g/mol. The molecule has 5 rings (SSSR count). The summed E-state index contributed by atoms with van der Waals surface area (Å²) < 4.78 is 26.5. The van der Waals surface area contributed by atoms with Gasteiger partial charge in [-0.1, -0.05) is 110 Å². The van der Waals surface area contributed by atoms with Crippen LogP contribution in [0.25, 0.3) is 0 Å². The number of para-hydroxylation sites is 2. The van der Waals surface area contributed by atoms with Gasteiger partial charge in [0, 0.05) is 11.1 Å². The number of ketones is 1. The van der Waals surface area contributed by atoms with Crippen LogP contribution in [0.4, 0.5) is 0 Å². The van der Waals surface area contributed by atoms with Crippen molar-refractivity contribution in [1.82, 2.24) is 0 Å². The predicted octanol–water partition coefficient (Wildman–Crippen LogP) is 9.28. The molecule has 0 fully saturated rings. The molecule has 0 aliphatic rings. The van der Waals surface area contributed by atoms with Gasteiger partial charge < -0.3 is 9.47 Å². The second kappa shape index (κ2) is 13.4. The van der Waals surface area contributed by atoms with Crippen LogP contribution >= 0.6 is 7.80 Å². The molecule has 0 aromatic heterocycles. The molecule has 1 unspecified atom stereocenters. The summed E-state index contributed by atoms with van der Waals surface area (Å²) in [7, 11) is -2.60. The molecule has 45 heavy (non-hydrogen) atoms. The Morgan fingerprint density at radius 3 is 1.64 bits per heavy atom. The van der Waals surface area contributed by atoms with Gasteiger partial charge in [-0.15, -0.1) is 0 Å². The summed E-state index contributed by atoms with van der Waals surface area (Å²) in [6, 6.07) is 36.1. The van der Waals surface area contributed by atoms with E-state index >= 15 is 0 Å². The van der Waals surface area contributed by atoms with Crippen molar-refractivity contribution in [3.63, 3.8) is 0 Å². The predicted molar refractivity (Wildman–Crippen MR) is 179 cm³/mol. The topological polar surface area (TPSA) is 69.7 Å². The van der Waals surface area contributed by atoms with Crippen molar-refractivity contribution >= 4 is 24.4 Å². The summed E-state index contributed by atoms with van der Waals surface area (Å²) in [4.78, 5) is 28.1. The lowest BCUT2D eigenvalue weighted by molar-refractivity contribution is 0.00324. The minimum Gasteiger partial charge on any atom is -0.451 e. The molecule has 226 valence electrons. The Kier molecular flexibility index (Phi) is 9.41. The normalized spacial score (nSPS) is 11.6. The average molecular weight is 616 g/mol. The van der Waals surface area contributed by atoms with Crippen molar-refractivity contribution in [3.8, 4) is 11.5 Å². The molecule has 0 aliphatic heterocycles. The number of ether oxygens (including phenoxy) is 2. The van der Waals surface area contributed by atoms with Crippen molar-refractivity contribution in [2.75, 3.05) is 0 Å². The van der Waals surface area contributed by atoms with E-state index in [1.165, 1.54) is 0 Å². The van der Waals surface area contributed by atoms with Crippen LogP contribution in [0, 0.1) is 13.8 Å². The smallest absolute Gasteiger partial charge is 0.451 e.